The summed E-state index contributed by atoms with van der Waals surface area (Å²) < 4.78 is 6.47. The first-order valence-corrected chi connectivity index (χ1v) is 11.6. The van der Waals surface area contributed by atoms with E-state index >= 15 is 0 Å². The largest absolute Gasteiger partial charge is 0.469 e. The summed E-state index contributed by atoms with van der Waals surface area (Å²) in [6, 6.07) is 4.16. The van der Waals surface area contributed by atoms with E-state index in [1.165, 1.54) is 22.5 Å². The third kappa shape index (κ3) is 4.33. The molecule has 0 aliphatic carbocycles. The number of aromatic nitrogens is 2. The zero-order valence-corrected chi connectivity index (χ0v) is 19.9. The molecule has 2 aliphatic rings. The lowest BCUT2D eigenvalue weighted by molar-refractivity contribution is -0.143. The molecule has 2 saturated heterocycles. The minimum atomic E-state index is -0.929. The smallest absolute Gasteiger partial charge is 0.308 e. The fourth-order valence-electron chi connectivity index (χ4n) is 3.77. The first-order valence-electron chi connectivity index (χ1n) is 10.3. The van der Waals surface area contributed by atoms with Crippen molar-refractivity contribution in [2.75, 3.05) is 31.6 Å². The van der Waals surface area contributed by atoms with Gasteiger partial charge >= 0.3 is 5.97 Å². The molecule has 12 heteroatoms. The van der Waals surface area contributed by atoms with Gasteiger partial charge in [-0.1, -0.05) is 36.1 Å². The summed E-state index contributed by atoms with van der Waals surface area (Å²) in [7, 11) is 1.24. The summed E-state index contributed by atoms with van der Waals surface area (Å²) in [6.07, 6.45) is 4.37. The third-order valence-corrected chi connectivity index (χ3v) is 6.78. The highest BCUT2D eigenvalue weighted by Crippen LogP contribution is 2.34. The van der Waals surface area contributed by atoms with E-state index in [9.17, 15) is 19.2 Å². The van der Waals surface area contributed by atoms with Gasteiger partial charge in [0.1, 0.15) is 21.8 Å². The highest BCUT2D eigenvalue weighted by Gasteiger charge is 2.36. The maximum atomic E-state index is 13.5. The Bertz CT molecular complexity index is 1300. The monoisotopic (exact) mass is 499 g/mol. The van der Waals surface area contributed by atoms with Crippen LogP contribution in [0.5, 0.6) is 0 Å². The maximum absolute atomic E-state index is 13.5. The number of thioether (sulfide) groups is 1. The summed E-state index contributed by atoms with van der Waals surface area (Å²) in [4.78, 5) is 59.0. The van der Waals surface area contributed by atoms with Crippen LogP contribution < -0.4 is 15.8 Å². The number of pyridine rings is 1. The molecule has 34 heavy (non-hydrogen) atoms. The van der Waals surface area contributed by atoms with Crippen molar-refractivity contribution in [3.05, 3.63) is 57.9 Å². The van der Waals surface area contributed by atoms with Crippen LogP contribution in [0, 0.1) is 0 Å². The molecular formula is C22H21N5O5S2. The molecule has 1 N–H and O–H groups in total. The van der Waals surface area contributed by atoms with Crippen LogP contribution in [0.2, 0.25) is 0 Å². The molecule has 10 nitrogen and oxygen atoms in total. The minimum absolute atomic E-state index is 0.118. The van der Waals surface area contributed by atoms with Gasteiger partial charge in [0.05, 0.1) is 24.0 Å². The van der Waals surface area contributed by atoms with Crippen LogP contribution >= 0.6 is 24.0 Å². The SMILES string of the molecule is C=CCN1C(=O)C(=Cc2c(N3CCNC(=O)C3CC(=O)OC)nc3ccccn3c2=O)SC1=S. The second kappa shape index (κ2) is 9.77. The molecule has 2 aromatic heterocycles. The van der Waals surface area contributed by atoms with E-state index in [-0.39, 0.29) is 41.1 Å². The first-order chi connectivity index (χ1) is 16.3. The molecule has 176 valence electrons. The van der Waals surface area contributed by atoms with Crippen molar-refractivity contribution in [3.8, 4) is 0 Å². The lowest BCUT2D eigenvalue weighted by atomic mass is 10.1. The van der Waals surface area contributed by atoms with Gasteiger partial charge in [-0.3, -0.25) is 28.5 Å². The van der Waals surface area contributed by atoms with Gasteiger partial charge < -0.3 is 15.0 Å². The van der Waals surface area contributed by atoms with Gasteiger partial charge in [0, 0.05) is 25.8 Å². The van der Waals surface area contributed by atoms with Gasteiger partial charge in [-0.15, -0.1) is 6.58 Å². The van der Waals surface area contributed by atoms with Crippen molar-refractivity contribution in [1.29, 1.82) is 0 Å². The molecule has 2 amide bonds. The van der Waals surface area contributed by atoms with Crippen LogP contribution in [-0.2, 0) is 19.1 Å². The van der Waals surface area contributed by atoms with Crippen LogP contribution in [-0.4, -0.2) is 69.2 Å². The van der Waals surface area contributed by atoms with Crippen LogP contribution in [0.4, 0.5) is 5.82 Å². The fraction of sp³-hybridized carbons (Fsp3) is 0.273. The number of ether oxygens (including phenoxy) is 1. The number of carbonyl (C=O) groups is 3. The Hall–Kier alpha value is -3.51. The molecule has 0 aromatic carbocycles. The molecular weight excluding hydrogens is 478 g/mol. The predicted molar refractivity (Wildman–Crippen MR) is 132 cm³/mol. The van der Waals surface area contributed by atoms with Gasteiger partial charge in [-0.05, 0) is 18.2 Å². The molecule has 1 atom stereocenters. The molecule has 1 unspecified atom stereocenters. The topological polar surface area (TPSA) is 113 Å². The predicted octanol–water partition coefficient (Wildman–Crippen LogP) is 0.950. The maximum Gasteiger partial charge on any atom is 0.308 e. The number of carbonyl (C=O) groups excluding carboxylic acids is 3. The summed E-state index contributed by atoms with van der Waals surface area (Å²) in [6.45, 7) is 4.50. The number of piperazine rings is 1. The van der Waals surface area contributed by atoms with Crippen molar-refractivity contribution in [2.24, 2.45) is 0 Å². The number of amides is 2. The van der Waals surface area contributed by atoms with E-state index in [4.69, 9.17) is 17.0 Å². The number of esters is 1. The van der Waals surface area contributed by atoms with Crippen molar-refractivity contribution in [2.45, 2.75) is 12.5 Å². The van der Waals surface area contributed by atoms with Crippen molar-refractivity contribution in [1.82, 2.24) is 19.6 Å². The van der Waals surface area contributed by atoms with Crippen molar-refractivity contribution < 1.29 is 19.1 Å². The van der Waals surface area contributed by atoms with Crippen LogP contribution in [0.15, 0.2) is 46.8 Å². The highest BCUT2D eigenvalue weighted by molar-refractivity contribution is 8.26. The number of fused-ring (bicyclic) bond motifs is 1. The number of nitrogens with zero attached hydrogens (tertiary/aromatic N) is 4. The number of hydrogen-bond donors (Lipinski definition) is 1. The van der Waals surface area contributed by atoms with E-state index < -0.39 is 17.6 Å². The van der Waals surface area contributed by atoms with Crippen LogP contribution in [0.1, 0.15) is 12.0 Å². The lowest BCUT2D eigenvalue weighted by Gasteiger charge is -2.36. The zero-order chi connectivity index (χ0) is 24.4. The average molecular weight is 500 g/mol. The van der Waals surface area contributed by atoms with Crippen LogP contribution in [0.25, 0.3) is 11.7 Å². The Balaban J connectivity index is 1.89. The third-order valence-electron chi connectivity index (χ3n) is 5.40. The Kier molecular flexibility index (Phi) is 6.80. The highest BCUT2D eigenvalue weighted by atomic mass is 32.2. The zero-order valence-electron chi connectivity index (χ0n) is 18.2. The van der Waals surface area contributed by atoms with Gasteiger partial charge in [-0.2, -0.15) is 0 Å². The molecule has 2 aromatic rings. The van der Waals surface area contributed by atoms with Crippen molar-refractivity contribution >= 4 is 63.6 Å². The molecule has 4 heterocycles. The Morgan fingerprint density at radius 1 is 1.38 bits per heavy atom. The molecule has 2 fully saturated rings. The number of thiocarbonyl (C=S) groups is 1. The summed E-state index contributed by atoms with van der Waals surface area (Å²) >= 11 is 6.38. The first kappa shape index (κ1) is 23.6. The number of rotatable bonds is 6. The normalized spacial score (nSPS) is 19.6. The molecule has 0 saturated carbocycles. The van der Waals surface area contributed by atoms with E-state index in [0.717, 1.165) is 11.8 Å². The lowest BCUT2D eigenvalue weighted by Crippen LogP contribution is -2.57. The second-order valence-electron chi connectivity index (χ2n) is 7.44. The van der Waals surface area contributed by atoms with Gasteiger partial charge in [0.15, 0.2) is 0 Å². The van der Waals surface area contributed by atoms with E-state index in [1.807, 2.05) is 0 Å². The standard InChI is InChI=1S/C22H21N5O5S2/c1-3-8-27-21(31)15(34-22(27)33)11-13-18(24-16-6-4-5-9-26(16)20(13)30)25-10-7-23-19(29)14(25)12-17(28)32-2/h3-6,9,11,14H,1,7-8,10,12H2,2H3,(H,23,29). The minimum Gasteiger partial charge on any atom is -0.469 e. The summed E-state index contributed by atoms with van der Waals surface area (Å²) in [5.74, 6) is -1.10. The van der Waals surface area contributed by atoms with Gasteiger partial charge in [-0.25, -0.2) is 4.98 Å². The molecule has 0 spiro atoms. The van der Waals surface area contributed by atoms with Crippen LogP contribution in [0.3, 0.4) is 0 Å². The number of hydrogen-bond acceptors (Lipinski definition) is 9. The summed E-state index contributed by atoms with van der Waals surface area (Å²) in [5.41, 5.74) is 0.0615. The quantitative estimate of drug-likeness (QED) is 0.269. The van der Waals surface area contributed by atoms with E-state index in [0.29, 0.717) is 23.1 Å². The molecule has 2 aliphatic heterocycles. The Morgan fingerprint density at radius 2 is 2.18 bits per heavy atom. The fourth-order valence-corrected chi connectivity index (χ4v) is 5.02. The Labute approximate surface area is 204 Å². The Morgan fingerprint density at radius 3 is 2.91 bits per heavy atom. The summed E-state index contributed by atoms with van der Waals surface area (Å²) in [5, 5.41) is 2.73. The van der Waals surface area contributed by atoms with E-state index in [2.05, 4.69) is 16.9 Å². The van der Waals surface area contributed by atoms with Gasteiger partial charge in [0.2, 0.25) is 5.91 Å². The van der Waals surface area contributed by atoms with Crippen molar-refractivity contribution in [3.63, 3.8) is 0 Å². The average Bonchev–Trinajstić information content (AvgIpc) is 3.09. The molecule has 0 bridgehead atoms. The van der Waals surface area contributed by atoms with E-state index in [1.54, 1.807) is 35.4 Å². The number of anilines is 1. The number of methoxy groups -OCH3 is 1. The van der Waals surface area contributed by atoms with Gasteiger partial charge in [0.25, 0.3) is 11.5 Å². The molecule has 0 radical (unpaired) electrons. The second-order valence-corrected chi connectivity index (χ2v) is 9.12. The molecule has 4 rings (SSSR count). The number of nitrogens with one attached hydrogen (secondary N) is 1.